The number of nitrogens with zero attached hydrogens (tertiary/aromatic N) is 3. The average molecular weight is 317 g/mol. The number of rotatable bonds is 4. The van der Waals surface area contributed by atoms with Crippen LogP contribution in [-0.2, 0) is 5.75 Å². The molecule has 0 aliphatic carbocycles. The summed E-state index contributed by atoms with van der Waals surface area (Å²) in [6.07, 6.45) is 1.59. The van der Waals surface area contributed by atoms with Crippen LogP contribution >= 0.6 is 23.4 Å². The molecule has 0 atom stereocenters. The Morgan fingerprint density at radius 1 is 1.14 bits per heavy atom. The highest BCUT2D eigenvalue weighted by molar-refractivity contribution is 7.98. The maximum absolute atomic E-state index is 6.20. The number of hydrogen-bond acceptors (Lipinski definition) is 5. The molecule has 1 N–H and O–H groups in total. The normalized spacial score (nSPS) is 10.8. The summed E-state index contributed by atoms with van der Waals surface area (Å²) in [6, 6.07) is 11.7. The fourth-order valence-electron chi connectivity index (χ4n) is 1.96. The summed E-state index contributed by atoms with van der Waals surface area (Å²) >= 11 is 7.81. The van der Waals surface area contributed by atoms with E-state index in [1.165, 1.54) is 0 Å². The van der Waals surface area contributed by atoms with Gasteiger partial charge in [-0.05, 0) is 18.2 Å². The fourth-order valence-corrected chi connectivity index (χ4v) is 3.15. The Morgan fingerprint density at radius 2 is 2.00 bits per heavy atom. The number of para-hydroxylation sites is 1. The van der Waals surface area contributed by atoms with Crippen LogP contribution in [-0.4, -0.2) is 22.0 Å². The Labute approximate surface area is 132 Å². The highest BCUT2D eigenvalue weighted by atomic mass is 35.5. The standard InChI is InChI=1S/C15H13ClN4S/c1-17-14-7-6-11(16)13(20-14)8-21-15-10-4-2-3-5-12(10)18-9-19-15/h2-7,9H,8H2,1H3,(H,17,20). The topological polar surface area (TPSA) is 50.7 Å². The van der Waals surface area contributed by atoms with E-state index in [1.54, 1.807) is 18.1 Å². The summed E-state index contributed by atoms with van der Waals surface area (Å²) in [4.78, 5) is 13.1. The fraction of sp³-hybridized carbons (Fsp3) is 0.133. The van der Waals surface area contributed by atoms with Crippen LogP contribution in [0, 0.1) is 0 Å². The molecule has 0 saturated carbocycles. The molecule has 3 rings (SSSR count). The number of anilines is 1. The molecule has 1 aromatic carbocycles. The van der Waals surface area contributed by atoms with Crippen molar-refractivity contribution in [1.82, 2.24) is 15.0 Å². The van der Waals surface area contributed by atoms with Crippen molar-refractivity contribution < 1.29 is 0 Å². The van der Waals surface area contributed by atoms with Gasteiger partial charge in [0.05, 0.1) is 16.2 Å². The SMILES string of the molecule is CNc1ccc(Cl)c(CSc2ncnc3ccccc23)n1. The smallest absolute Gasteiger partial charge is 0.126 e. The Morgan fingerprint density at radius 3 is 2.86 bits per heavy atom. The van der Waals surface area contributed by atoms with Crippen molar-refractivity contribution in [2.24, 2.45) is 0 Å². The number of fused-ring (bicyclic) bond motifs is 1. The summed E-state index contributed by atoms with van der Waals surface area (Å²) < 4.78 is 0. The second-order valence-electron chi connectivity index (χ2n) is 4.36. The van der Waals surface area contributed by atoms with Crippen LogP contribution in [0.2, 0.25) is 5.02 Å². The molecule has 0 fully saturated rings. The lowest BCUT2D eigenvalue weighted by Gasteiger charge is -2.07. The van der Waals surface area contributed by atoms with Crippen LogP contribution in [0.25, 0.3) is 10.9 Å². The maximum atomic E-state index is 6.20. The number of nitrogens with one attached hydrogen (secondary N) is 1. The highest BCUT2D eigenvalue weighted by Crippen LogP contribution is 2.29. The van der Waals surface area contributed by atoms with Gasteiger partial charge in [-0.25, -0.2) is 15.0 Å². The summed E-state index contributed by atoms with van der Waals surface area (Å²) in [5.74, 6) is 1.47. The molecule has 21 heavy (non-hydrogen) atoms. The van der Waals surface area contributed by atoms with Gasteiger partial charge < -0.3 is 5.32 Å². The van der Waals surface area contributed by atoms with Gasteiger partial charge in [0.25, 0.3) is 0 Å². The molecule has 0 aliphatic heterocycles. The molecule has 0 spiro atoms. The van der Waals surface area contributed by atoms with Gasteiger partial charge in [-0.3, -0.25) is 0 Å². The number of thioether (sulfide) groups is 1. The van der Waals surface area contributed by atoms with E-state index < -0.39 is 0 Å². The zero-order valence-electron chi connectivity index (χ0n) is 11.4. The zero-order chi connectivity index (χ0) is 14.7. The van der Waals surface area contributed by atoms with Gasteiger partial charge in [-0.2, -0.15) is 0 Å². The second kappa shape index (κ2) is 6.28. The summed E-state index contributed by atoms with van der Waals surface area (Å²) in [7, 11) is 1.84. The van der Waals surface area contributed by atoms with Crippen molar-refractivity contribution in [1.29, 1.82) is 0 Å². The molecule has 0 unspecified atom stereocenters. The second-order valence-corrected chi connectivity index (χ2v) is 5.73. The zero-order valence-corrected chi connectivity index (χ0v) is 12.9. The average Bonchev–Trinajstić information content (AvgIpc) is 2.54. The lowest BCUT2D eigenvalue weighted by atomic mass is 10.2. The molecule has 2 aromatic heterocycles. The highest BCUT2D eigenvalue weighted by Gasteiger charge is 2.08. The van der Waals surface area contributed by atoms with Crippen LogP contribution in [0.15, 0.2) is 47.8 Å². The van der Waals surface area contributed by atoms with Crippen molar-refractivity contribution in [3.8, 4) is 0 Å². The van der Waals surface area contributed by atoms with E-state index in [9.17, 15) is 0 Å². The van der Waals surface area contributed by atoms with Gasteiger partial charge in [0.15, 0.2) is 0 Å². The lowest BCUT2D eigenvalue weighted by Crippen LogP contribution is -1.96. The molecular weight excluding hydrogens is 304 g/mol. The molecule has 4 nitrogen and oxygen atoms in total. The van der Waals surface area contributed by atoms with Crippen molar-refractivity contribution in [3.63, 3.8) is 0 Å². The molecule has 3 aromatic rings. The molecule has 0 bridgehead atoms. The van der Waals surface area contributed by atoms with Crippen molar-refractivity contribution in [2.75, 3.05) is 12.4 Å². The van der Waals surface area contributed by atoms with Crippen LogP contribution in [0.4, 0.5) is 5.82 Å². The first-order chi connectivity index (χ1) is 10.3. The Balaban J connectivity index is 1.87. The van der Waals surface area contributed by atoms with Crippen LogP contribution < -0.4 is 5.32 Å². The Bertz CT molecular complexity index is 773. The van der Waals surface area contributed by atoms with Crippen LogP contribution in [0.1, 0.15) is 5.69 Å². The monoisotopic (exact) mass is 316 g/mol. The summed E-state index contributed by atoms with van der Waals surface area (Å²) in [5.41, 5.74) is 1.79. The minimum absolute atomic E-state index is 0.662. The van der Waals surface area contributed by atoms with E-state index in [4.69, 9.17) is 11.6 Å². The lowest BCUT2D eigenvalue weighted by molar-refractivity contribution is 1.09. The third kappa shape index (κ3) is 3.09. The van der Waals surface area contributed by atoms with Crippen molar-refractivity contribution >= 4 is 40.1 Å². The first kappa shape index (κ1) is 14.1. The van der Waals surface area contributed by atoms with Crippen LogP contribution in [0.3, 0.4) is 0 Å². The third-order valence-electron chi connectivity index (χ3n) is 3.03. The van der Waals surface area contributed by atoms with Crippen molar-refractivity contribution in [2.45, 2.75) is 10.8 Å². The molecular formula is C15H13ClN4S. The largest absolute Gasteiger partial charge is 0.373 e. The minimum atomic E-state index is 0.662. The van der Waals surface area contributed by atoms with Gasteiger partial charge in [-0.1, -0.05) is 41.6 Å². The minimum Gasteiger partial charge on any atom is -0.373 e. The van der Waals surface area contributed by atoms with E-state index in [-0.39, 0.29) is 0 Å². The number of halogens is 1. The molecule has 6 heteroatoms. The van der Waals surface area contributed by atoms with E-state index >= 15 is 0 Å². The predicted octanol–water partition coefficient (Wildman–Crippen LogP) is 4.01. The quantitative estimate of drug-likeness (QED) is 0.582. The molecule has 0 amide bonds. The molecule has 0 aliphatic rings. The van der Waals surface area contributed by atoms with E-state index in [2.05, 4.69) is 20.3 Å². The summed E-state index contributed by atoms with van der Waals surface area (Å²) in [5, 5.41) is 5.67. The molecule has 2 heterocycles. The van der Waals surface area contributed by atoms with Crippen LogP contribution in [0.5, 0.6) is 0 Å². The Kier molecular flexibility index (Phi) is 4.22. The Hall–Kier alpha value is -1.85. The third-order valence-corrected chi connectivity index (χ3v) is 4.39. The van der Waals surface area contributed by atoms with Crippen molar-refractivity contribution in [3.05, 3.63) is 53.4 Å². The number of benzene rings is 1. The molecule has 0 radical (unpaired) electrons. The van der Waals surface area contributed by atoms with E-state index in [1.807, 2.05) is 43.4 Å². The number of aromatic nitrogens is 3. The van der Waals surface area contributed by atoms with Gasteiger partial charge in [0.2, 0.25) is 0 Å². The first-order valence-electron chi connectivity index (χ1n) is 6.43. The maximum Gasteiger partial charge on any atom is 0.126 e. The van der Waals surface area contributed by atoms with E-state index in [0.717, 1.165) is 27.4 Å². The van der Waals surface area contributed by atoms with Gasteiger partial charge in [0, 0.05) is 18.2 Å². The van der Waals surface area contributed by atoms with Gasteiger partial charge in [0.1, 0.15) is 17.2 Å². The van der Waals surface area contributed by atoms with Gasteiger partial charge >= 0.3 is 0 Å². The van der Waals surface area contributed by atoms with Gasteiger partial charge in [-0.15, -0.1) is 0 Å². The molecule has 106 valence electrons. The van der Waals surface area contributed by atoms with E-state index in [0.29, 0.717) is 10.8 Å². The molecule has 0 saturated heterocycles. The first-order valence-corrected chi connectivity index (χ1v) is 7.80. The summed E-state index contributed by atoms with van der Waals surface area (Å²) in [6.45, 7) is 0. The predicted molar refractivity (Wildman–Crippen MR) is 87.9 cm³/mol. The number of pyridine rings is 1. The number of hydrogen-bond donors (Lipinski definition) is 1.